The summed E-state index contributed by atoms with van der Waals surface area (Å²) in [7, 11) is 4.27. The number of nitriles is 1. The number of likely N-dealkylation sites (N-methyl/N-ethyl adjacent to an activating group) is 1. The minimum atomic E-state index is -0.405. The Balaban J connectivity index is 1.14. The van der Waals surface area contributed by atoms with Gasteiger partial charge in [-0.1, -0.05) is 0 Å². The number of benzene rings is 1. The lowest BCUT2D eigenvalue weighted by Crippen LogP contribution is -2.54. The van der Waals surface area contributed by atoms with Gasteiger partial charge in [-0.2, -0.15) is 15.2 Å². The molecule has 3 aliphatic carbocycles. The first-order valence-corrected chi connectivity index (χ1v) is 16.4. The largest absolute Gasteiger partial charge is 0.463 e. The number of nitrogen functional groups attached to an aromatic ring is 1. The average Bonchev–Trinajstić information content (AvgIpc) is 3.85. The standard InChI is InChI=1S/C33H37FN8OS/c1-41(2)33(6-3-7-33)16-38-30-23-13-37-25(21-4-5-24(34)28-27(21)22(12-35)29(36)44-28)11-26(23)39-31(40-30)43-18-32(8-9-32)17-42-14-19-10-20(19)15-42/h4-5,11,13,19-20H,3,6-10,14-18,36H2,1-2H3,(H,38,39,40). The topological polar surface area (TPSA) is 116 Å². The molecule has 44 heavy (non-hydrogen) atoms. The number of hydrogen-bond acceptors (Lipinski definition) is 10. The zero-order valence-corrected chi connectivity index (χ0v) is 26.0. The summed E-state index contributed by atoms with van der Waals surface area (Å²) in [6.45, 7) is 4.91. The lowest BCUT2D eigenvalue weighted by atomic mass is 9.75. The van der Waals surface area contributed by atoms with E-state index in [0.717, 1.165) is 54.5 Å². The van der Waals surface area contributed by atoms with Gasteiger partial charge in [0.1, 0.15) is 22.7 Å². The number of thiophene rings is 1. The van der Waals surface area contributed by atoms with Crippen molar-refractivity contribution < 1.29 is 9.13 Å². The van der Waals surface area contributed by atoms with E-state index in [1.807, 2.05) is 6.07 Å². The molecule has 0 bridgehead atoms. The summed E-state index contributed by atoms with van der Waals surface area (Å²) in [5.74, 6) is 2.14. The molecule has 3 N–H and O–H groups in total. The number of nitrogens with zero attached hydrogens (tertiary/aromatic N) is 6. The number of aromatic nitrogens is 3. The van der Waals surface area contributed by atoms with Crippen molar-refractivity contribution in [2.24, 2.45) is 17.3 Å². The van der Waals surface area contributed by atoms with Crippen LogP contribution in [0.3, 0.4) is 0 Å². The van der Waals surface area contributed by atoms with Crippen molar-refractivity contribution in [2.45, 2.75) is 44.1 Å². The van der Waals surface area contributed by atoms with E-state index in [1.165, 1.54) is 44.8 Å². The summed E-state index contributed by atoms with van der Waals surface area (Å²) in [5, 5.41) is 15.0. The Kier molecular flexibility index (Phi) is 6.49. The number of halogens is 1. The molecule has 11 heteroatoms. The normalized spacial score (nSPS) is 23.0. The number of nitrogens with one attached hydrogen (secondary N) is 1. The summed E-state index contributed by atoms with van der Waals surface area (Å²) in [5.41, 5.74) is 8.56. The third-order valence-electron chi connectivity index (χ3n) is 10.7. The van der Waals surface area contributed by atoms with Crippen LogP contribution in [0.1, 0.15) is 44.1 Å². The highest BCUT2D eigenvalue weighted by Crippen LogP contribution is 2.51. The van der Waals surface area contributed by atoms with Crippen molar-refractivity contribution in [1.82, 2.24) is 24.8 Å². The molecule has 4 aromatic rings. The van der Waals surface area contributed by atoms with Crippen LogP contribution < -0.4 is 15.8 Å². The van der Waals surface area contributed by atoms with Crippen molar-refractivity contribution in [3.05, 3.63) is 35.8 Å². The zero-order chi connectivity index (χ0) is 30.2. The molecule has 2 unspecified atom stereocenters. The molecule has 2 atom stereocenters. The molecule has 3 saturated carbocycles. The van der Waals surface area contributed by atoms with E-state index in [1.54, 1.807) is 12.3 Å². The number of anilines is 2. The second-order valence-electron chi connectivity index (χ2n) is 13.8. The molecule has 4 aliphatic rings. The first-order chi connectivity index (χ1) is 21.3. The Morgan fingerprint density at radius 1 is 1.20 bits per heavy atom. The van der Waals surface area contributed by atoms with Gasteiger partial charge in [0.05, 0.1) is 33.5 Å². The Bertz CT molecular complexity index is 1810. The lowest BCUT2D eigenvalue weighted by Gasteiger charge is -2.47. The van der Waals surface area contributed by atoms with E-state index >= 15 is 0 Å². The second kappa shape index (κ2) is 10.2. The van der Waals surface area contributed by atoms with Gasteiger partial charge in [0, 0.05) is 54.3 Å². The van der Waals surface area contributed by atoms with Gasteiger partial charge in [0.25, 0.3) is 0 Å². The molecule has 228 valence electrons. The fourth-order valence-electron chi connectivity index (χ4n) is 7.32. The first kappa shape index (κ1) is 27.9. The van der Waals surface area contributed by atoms with Crippen LogP contribution in [-0.4, -0.2) is 77.2 Å². The van der Waals surface area contributed by atoms with E-state index in [9.17, 15) is 9.65 Å². The van der Waals surface area contributed by atoms with Gasteiger partial charge in [-0.05, 0) is 82.7 Å². The average molecular weight is 613 g/mol. The molecule has 1 saturated heterocycles. The molecule has 0 spiro atoms. The minimum Gasteiger partial charge on any atom is -0.463 e. The number of nitrogens with two attached hydrogens (primary N) is 1. The summed E-state index contributed by atoms with van der Waals surface area (Å²) in [6, 6.07) is 7.45. The van der Waals surface area contributed by atoms with Gasteiger partial charge in [-0.25, -0.2) is 4.39 Å². The number of likely N-dealkylation sites (tertiary alicyclic amines) is 1. The van der Waals surface area contributed by atoms with Gasteiger partial charge in [-0.15, -0.1) is 11.3 Å². The number of pyridine rings is 1. The van der Waals surface area contributed by atoms with Crippen molar-refractivity contribution in [3.8, 4) is 23.3 Å². The number of ether oxygens (including phenoxy) is 1. The van der Waals surface area contributed by atoms with Crippen LogP contribution in [0.25, 0.3) is 32.2 Å². The zero-order valence-electron chi connectivity index (χ0n) is 25.2. The maximum Gasteiger partial charge on any atom is 0.318 e. The Morgan fingerprint density at radius 3 is 2.68 bits per heavy atom. The molecule has 0 radical (unpaired) electrons. The minimum absolute atomic E-state index is 0.0897. The van der Waals surface area contributed by atoms with Gasteiger partial charge >= 0.3 is 6.01 Å². The van der Waals surface area contributed by atoms with Crippen LogP contribution in [0.4, 0.5) is 15.2 Å². The van der Waals surface area contributed by atoms with Crippen LogP contribution in [0.2, 0.25) is 0 Å². The van der Waals surface area contributed by atoms with E-state index < -0.39 is 5.82 Å². The summed E-state index contributed by atoms with van der Waals surface area (Å²) in [6.07, 6.45) is 8.99. The van der Waals surface area contributed by atoms with Crippen molar-refractivity contribution in [1.29, 1.82) is 5.26 Å². The molecular formula is C33H37FN8OS. The maximum absolute atomic E-state index is 14.8. The predicted molar refractivity (Wildman–Crippen MR) is 171 cm³/mol. The van der Waals surface area contributed by atoms with Crippen LogP contribution in [-0.2, 0) is 0 Å². The molecular weight excluding hydrogens is 575 g/mol. The number of hydrogen-bond donors (Lipinski definition) is 2. The molecule has 1 aromatic carbocycles. The monoisotopic (exact) mass is 612 g/mol. The molecule has 0 amide bonds. The van der Waals surface area contributed by atoms with Gasteiger partial charge in [-0.3, -0.25) is 4.98 Å². The van der Waals surface area contributed by atoms with E-state index in [0.29, 0.717) is 50.3 Å². The molecule has 3 aromatic heterocycles. The molecule has 8 rings (SSSR count). The summed E-state index contributed by atoms with van der Waals surface area (Å²) in [4.78, 5) is 19.4. The van der Waals surface area contributed by atoms with Gasteiger partial charge < -0.3 is 25.6 Å². The number of fused-ring (bicyclic) bond motifs is 3. The molecule has 1 aliphatic heterocycles. The second-order valence-corrected chi connectivity index (χ2v) is 14.8. The molecule has 9 nitrogen and oxygen atoms in total. The van der Waals surface area contributed by atoms with Crippen molar-refractivity contribution in [2.75, 3.05) is 57.9 Å². The Hall–Kier alpha value is -3.59. The highest BCUT2D eigenvalue weighted by Gasteiger charge is 2.50. The third kappa shape index (κ3) is 4.75. The van der Waals surface area contributed by atoms with Crippen LogP contribution in [0.15, 0.2) is 24.4 Å². The van der Waals surface area contributed by atoms with E-state index in [2.05, 4.69) is 35.3 Å². The SMILES string of the molecule is CN(C)C1(CNc2nc(OCC3(CN4CC5CC5C4)CC3)nc3cc(-c4ccc(F)c5sc(N)c(C#N)c45)ncc23)CCC1. The third-order valence-corrected chi connectivity index (χ3v) is 11.7. The van der Waals surface area contributed by atoms with Crippen LogP contribution in [0.5, 0.6) is 6.01 Å². The fourth-order valence-corrected chi connectivity index (χ4v) is 8.27. The summed E-state index contributed by atoms with van der Waals surface area (Å²) < 4.78 is 21.5. The van der Waals surface area contributed by atoms with Gasteiger partial charge in [0.2, 0.25) is 0 Å². The molecule has 4 fully saturated rings. The summed E-state index contributed by atoms with van der Waals surface area (Å²) >= 11 is 1.08. The van der Waals surface area contributed by atoms with Gasteiger partial charge in [0.15, 0.2) is 0 Å². The smallest absolute Gasteiger partial charge is 0.318 e. The predicted octanol–water partition coefficient (Wildman–Crippen LogP) is 5.51. The highest BCUT2D eigenvalue weighted by molar-refractivity contribution is 7.23. The van der Waals surface area contributed by atoms with E-state index in [4.69, 9.17) is 25.4 Å². The van der Waals surface area contributed by atoms with Crippen LogP contribution >= 0.6 is 11.3 Å². The van der Waals surface area contributed by atoms with Crippen LogP contribution in [0, 0.1) is 34.4 Å². The van der Waals surface area contributed by atoms with Crippen molar-refractivity contribution in [3.63, 3.8) is 0 Å². The van der Waals surface area contributed by atoms with E-state index in [-0.39, 0.29) is 16.5 Å². The number of rotatable bonds is 10. The fraction of sp³-hybridized carbons (Fsp3) is 0.515. The van der Waals surface area contributed by atoms with Crippen molar-refractivity contribution >= 4 is 43.1 Å². The maximum atomic E-state index is 14.8. The Morgan fingerprint density at radius 2 is 2.00 bits per heavy atom. The lowest BCUT2D eigenvalue weighted by molar-refractivity contribution is 0.0738. The molecule has 4 heterocycles. The first-order valence-electron chi connectivity index (χ1n) is 15.6. The quantitative estimate of drug-likeness (QED) is 0.239. The number of piperidine rings is 1. The Labute approximate surface area is 260 Å². The highest BCUT2D eigenvalue weighted by atomic mass is 32.1.